The van der Waals surface area contributed by atoms with Crippen molar-refractivity contribution in [1.82, 2.24) is 14.8 Å². The van der Waals surface area contributed by atoms with Gasteiger partial charge in [0, 0.05) is 44.7 Å². The predicted molar refractivity (Wildman–Crippen MR) is 117 cm³/mol. The SMILES string of the molecule is N=C(N)N1CCN(Cc2cccnc2SCc2ccc3ccccc3c2)CC1. The molecule has 5 nitrogen and oxygen atoms in total. The zero-order valence-corrected chi connectivity index (χ0v) is 16.7. The van der Waals surface area contributed by atoms with E-state index in [1.54, 1.807) is 11.8 Å². The van der Waals surface area contributed by atoms with Crippen LogP contribution in [-0.4, -0.2) is 46.9 Å². The van der Waals surface area contributed by atoms with Gasteiger partial charge in [0.15, 0.2) is 5.96 Å². The molecule has 0 unspecified atom stereocenters. The maximum absolute atomic E-state index is 7.57. The van der Waals surface area contributed by atoms with Gasteiger partial charge in [-0.1, -0.05) is 48.5 Å². The summed E-state index contributed by atoms with van der Waals surface area (Å²) >= 11 is 1.80. The molecule has 6 heteroatoms. The molecule has 1 fully saturated rings. The van der Waals surface area contributed by atoms with Crippen LogP contribution in [0.3, 0.4) is 0 Å². The van der Waals surface area contributed by atoms with E-state index in [0.29, 0.717) is 0 Å². The van der Waals surface area contributed by atoms with E-state index in [2.05, 4.69) is 58.4 Å². The highest BCUT2D eigenvalue weighted by atomic mass is 32.2. The summed E-state index contributed by atoms with van der Waals surface area (Å²) in [7, 11) is 0. The Labute approximate surface area is 170 Å². The van der Waals surface area contributed by atoms with Crippen molar-refractivity contribution in [3.05, 3.63) is 71.9 Å². The molecule has 2 heterocycles. The minimum Gasteiger partial charge on any atom is -0.370 e. The molecule has 3 aromatic rings. The fraction of sp³-hybridized carbons (Fsp3) is 0.273. The summed E-state index contributed by atoms with van der Waals surface area (Å²) in [6.07, 6.45) is 1.87. The van der Waals surface area contributed by atoms with Crippen LogP contribution in [0.1, 0.15) is 11.1 Å². The van der Waals surface area contributed by atoms with Crippen LogP contribution in [0.5, 0.6) is 0 Å². The van der Waals surface area contributed by atoms with Crippen molar-refractivity contribution in [1.29, 1.82) is 5.41 Å². The van der Waals surface area contributed by atoms with Gasteiger partial charge in [-0.3, -0.25) is 10.3 Å². The van der Waals surface area contributed by atoms with Crippen molar-refractivity contribution in [3.63, 3.8) is 0 Å². The first-order valence-electron chi connectivity index (χ1n) is 9.55. The van der Waals surface area contributed by atoms with Gasteiger partial charge in [0.2, 0.25) is 0 Å². The zero-order valence-electron chi connectivity index (χ0n) is 15.8. The van der Waals surface area contributed by atoms with Gasteiger partial charge in [0.05, 0.1) is 0 Å². The molecule has 0 aliphatic carbocycles. The smallest absolute Gasteiger partial charge is 0.188 e. The highest BCUT2D eigenvalue weighted by Crippen LogP contribution is 2.27. The molecule has 28 heavy (non-hydrogen) atoms. The lowest BCUT2D eigenvalue weighted by molar-refractivity contribution is 0.172. The van der Waals surface area contributed by atoms with Crippen molar-refractivity contribution < 1.29 is 0 Å². The summed E-state index contributed by atoms with van der Waals surface area (Å²) in [5.41, 5.74) is 8.18. The van der Waals surface area contributed by atoms with Crippen molar-refractivity contribution in [3.8, 4) is 0 Å². The number of hydrogen-bond acceptors (Lipinski definition) is 4. The third-order valence-electron chi connectivity index (χ3n) is 5.15. The van der Waals surface area contributed by atoms with Gasteiger partial charge in [-0.15, -0.1) is 11.8 Å². The predicted octanol–water partition coefficient (Wildman–Crippen LogP) is 3.54. The molecule has 1 aliphatic rings. The Balaban J connectivity index is 1.40. The van der Waals surface area contributed by atoms with Crippen molar-refractivity contribution in [2.45, 2.75) is 17.3 Å². The molecule has 0 radical (unpaired) electrons. The van der Waals surface area contributed by atoms with Gasteiger partial charge < -0.3 is 10.6 Å². The zero-order chi connectivity index (χ0) is 19.3. The molecular weight excluding hydrogens is 366 g/mol. The summed E-state index contributed by atoms with van der Waals surface area (Å²) in [4.78, 5) is 8.98. The molecule has 144 valence electrons. The molecule has 0 spiro atoms. The van der Waals surface area contributed by atoms with Crippen LogP contribution in [-0.2, 0) is 12.3 Å². The number of benzene rings is 2. The molecule has 0 saturated carbocycles. The Bertz CT molecular complexity index is 966. The number of nitrogens with one attached hydrogen (secondary N) is 1. The highest BCUT2D eigenvalue weighted by molar-refractivity contribution is 7.98. The Morgan fingerprint density at radius 3 is 2.57 bits per heavy atom. The number of piperazine rings is 1. The van der Waals surface area contributed by atoms with Crippen LogP contribution in [0.2, 0.25) is 0 Å². The van der Waals surface area contributed by atoms with Crippen molar-refractivity contribution in [2.75, 3.05) is 26.2 Å². The maximum atomic E-state index is 7.57. The van der Waals surface area contributed by atoms with E-state index in [-0.39, 0.29) is 5.96 Å². The Morgan fingerprint density at radius 1 is 1.00 bits per heavy atom. The number of thioether (sulfide) groups is 1. The lowest BCUT2D eigenvalue weighted by Crippen LogP contribution is -2.50. The van der Waals surface area contributed by atoms with Crippen LogP contribution >= 0.6 is 11.8 Å². The first-order chi connectivity index (χ1) is 13.7. The van der Waals surface area contributed by atoms with Gasteiger partial charge in [0.25, 0.3) is 0 Å². The fourth-order valence-electron chi connectivity index (χ4n) is 3.54. The first-order valence-corrected chi connectivity index (χ1v) is 10.5. The summed E-state index contributed by atoms with van der Waals surface area (Å²) < 4.78 is 0. The van der Waals surface area contributed by atoms with Gasteiger partial charge >= 0.3 is 0 Å². The minimum atomic E-state index is 0.174. The molecule has 2 aromatic carbocycles. The number of pyridine rings is 1. The van der Waals surface area contributed by atoms with E-state index in [9.17, 15) is 0 Å². The van der Waals surface area contributed by atoms with Crippen LogP contribution in [0, 0.1) is 5.41 Å². The molecule has 1 aliphatic heterocycles. The summed E-state index contributed by atoms with van der Waals surface area (Å²) in [5.74, 6) is 1.08. The fourth-order valence-corrected chi connectivity index (χ4v) is 4.48. The van der Waals surface area contributed by atoms with Gasteiger partial charge in [-0.25, -0.2) is 4.98 Å². The van der Waals surface area contributed by atoms with Crippen molar-refractivity contribution in [2.24, 2.45) is 5.73 Å². The second kappa shape index (κ2) is 8.63. The average Bonchev–Trinajstić information content (AvgIpc) is 2.73. The van der Waals surface area contributed by atoms with E-state index in [4.69, 9.17) is 11.1 Å². The summed E-state index contributed by atoms with van der Waals surface area (Å²) in [5, 5.41) is 11.2. The second-order valence-corrected chi connectivity index (χ2v) is 8.05. The van der Waals surface area contributed by atoms with Crippen LogP contribution in [0.15, 0.2) is 65.8 Å². The highest BCUT2D eigenvalue weighted by Gasteiger charge is 2.18. The number of aromatic nitrogens is 1. The number of nitrogens with two attached hydrogens (primary N) is 1. The monoisotopic (exact) mass is 391 g/mol. The standard InChI is InChI=1S/C22H25N5S/c23-22(24)27-12-10-26(11-13-27)15-20-6-3-9-25-21(20)28-16-17-7-8-18-4-1-2-5-19(18)14-17/h1-9,14H,10-13,15-16H2,(H3,23,24). The number of hydrogen-bond donors (Lipinski definition) is 2. The lowest BCUT2D eigenvalue weighted by atomic mass is 10.1. The van der Waals surface area contributed by atoms with E-state index < -0.39 is 0 Å². The largest absolute Gasteiger partial charge is 0.370 e. The molecular formula is C22H25N5S. The third kappa shape index (κ3) is 4.46. The number of nitrogens with zero attached hydrogens (tertiary/aromatic N) is 3. The summed E-state index contributed by atoms with van der Waals surface area (Å²) in [6, 6.07) is 19.3. The number of guanidine groups is 1. The minimum absolute atomic E-state index is 0.174. The van der Waals surface area contributed by atoms with E-state index in [0.717, 1.165) is 43.5 Å². The summed E-state index contributed by atoms with van der Waals surface area (Å²) in [6.45, 7) is 4.36. The van der Waals surface area contributed by atoms with Crippen LogP contribution < -0.4 is 5.73 Å². The molecule has 0 atom stereocenters. The molecule has 0 amide bonds. The quantitative estimate of drug-likeness (QED) is 0.396. The molecule has 3 N–H and O–H groups in total. The topological polar surface area (TPSA) is 69.2 Å². The van der Waals surface area contributed by atoms with Gasteiger partial charge in [-0.05, 0) is 28.0 Å². The van der Waals surface area contributed by atoms with Crippen molar-refractivity contribution >= 4 is 28.5 Å². The van der Waals surface area contributed by atoms with E-state index in [1.165, 1.54) is 21.9 Å². The Kier molecular flexibility index (Phi) is 5.78. The maximum Gasteiger partial charge on any atom is 0.188 e. The number of rotatable bonds is 5. The van der Waals surface area contributed by atoms with Crippen LogP contribution in [0.4, 0.5) is 0 Å². The Morgan fingerprint density at radius 2 is 1.79 bits per heavy atom. The van der Waals surface area contributed by atoms with Gasteiger partial charge in [0.1, 0.15) is 5.03 Å². The van der Waals surface area contributed by atoms with Crippen LogP contribution in [0.25, 0.3) is 10.8 Å². The molecule has 1 aromatic heterocycles. The Hall–Kier alpha value is -2.57. The molecule has 4 rings (SSSR count). The first kappa shape index (κ1) is 18.8. The number of fused-ring (bicyclic) bond motifs is 1. The second-order valence-electron chi connectivity index (χ2n) is 7.09. The van der Waals surface area contributed by atoms with E-state index in [1.807, 2.05) is 17.2 Å². The van der Waals surface area contributed by atoms with Gasteiger partial charge in [-0.2, -0.15) is 0 Å². The average molecular weight is 392 g/mol. The molecule has 1 saturated heterocycles. The third-order valence-corrected chi connectivity index (χ3v) is 6.27. The molecule has 0 bridgehead atoms. The lowest BCUT2D eigenvalue weighted by Gasteiger charge is -2.35. The normalized spacial score (nSPS) is 15.1. The van der Waals surface area contributed by atoms with E-state index >= 15 is 0 Å².